The van der Waals surface area contributed by atoms with Crippen LogP contribution in [0.15, 0.2) is 24.3 Å². The molecule has 1 unspecified atom stereocenters. The summed E-state index contributed by atoms with van der Waals surface area (Å²) in [6.07, 6.45) is 0.871. The lowest BCUT2D eigenvalue weighted by Gasteiger charge is -2.27. The Morgan fingerprint density at radius 3 is 2.40 bits per heavy atom. The Kier molecular flexibility index (Phi) is 6.52. The summed E-state index contributed by atoms with van der Waals surface area (Å²) in [7, 11) is 0. The molecule has 0 saturated heterocycles. The van der Waals surface area contributed by atoms with E-state index in [0.29, 0.717) is 18.1 Å². The third-order valence-electron chi connectivity index (χ3n) is 3.07. The van der Waals surface area contributed by atoms with E-state index in [1.165, 1.54) is 6.92 Å². The fraction of sp³-hybridized carbons (Fsp3) is 0.467. The smallest absolute Gasteiger partial charge is 0.242 e. The molecule has 0 radical (unpaired) electrons. The predicted octanol–water partition coefficient (Wildman–Crippen LogP) is 2.60. The molecule has 0 heterocycles. The van der Waals surface area contributed by atoms with Crippen molar-refractivity contribution in [1.29, 1.82) is 0 Å². The lowest BCUT2D eigenvalue weighted by Crippen LogP contribution is -2.47. The SMILES string of the molecule is CCCNC(=O)C(C)N(Cc1ccc(Cl)cc1)C(C)=O. The van der Waals surface area contributed by atoms with E-state index in [9.17, 15) is 9.59 Å². The van der Waals surface area contributed by atoms with Crippen molar-refractivity contribution in [2.75, 3.05) is 6.54 Å². The van der Waals surface area contributed by atoms with Crippen LogP contribution < -0.4 is 5.32 Å². The molecular formula is C15H21ClN2O2. The number of halogens is 1. The zero-order valence-electron chi connectivity index (χ0n) is 12.1. The standard InChI is InChI=1S/C15H21ClN2O2/c1-4-9-17-15(20)11(2)18(12(3)19)10-13-5-7-14(16)8-6-13/h5-8,11H,4,9-10H2,1-3H3,(H,17,20). The maximum atomic E-state index is 12.0. The molecule has 1 N–H and O–H groups in total. The molecule has 1 aromatic rings. The molecule has 0 bridgehead atoms. The molecule has 110 valence electrons. The molecule has 0 fully saturated rings. The van der Waals surface area contributed by atoms with Crippen molar-refractivity contribution >= 4 is 23.4 Å². The topological polar surface area (TPSA) is 49.4 Å². The van der Waals surface area contributed by atoms with Crippen molar-refractivity contribution in [1.82, 2.24) is 10.2 Å². The van der Waals surface area contributed by atoms with Gasteiger partial charge in [0.2, 0.25) is 11.8 Å². The molecular weight excluding hydrogens is 276 g/mol. The van der Waals surface area contributed by atoms with Crippen LogP contribution in [0.3, 0.4) is 0 Å². The maximum absolute atomic E-state index is 12.0. The van der Waals surface area contributed by atoms with Gasteiger partial charge in [-0.2, -0.15) is 0 Å². The molecule has 0 saturated carbocycles. The van der Waals surface area contributed by atoms with Crippen LogP contribution >= 0.6 is 11.6 Å². The summed E-state index contributed by atoms with van der Waals surface area (Å²) in [6.45, 7) is 6.21. The van der Waals surface area contributed by atoms with Gasteiger partial charge in [-0.3, -0.25) is 9.59 Å². The first kappa shape index (κ1) is 16.5. The second-order valence-corrected chi connectivity index (χ2v) is 5.18. The lowest BCUT2D eigenvalue weighted by atomic mass is 10.1. The zero-order chi connectivity index (χ0) is 15.1. The van der Waals surface area contributed by atoms with Crippen molar-refractivity contribution in [2.45, 2.75) is 39.8 Å². The highest BCUT2D eigenvalue weighted by atomic mass is 35.5. The number of carbonyl (C=O) groups is 2. The summed E-state index contributed by atoms with van der Waals surface area (Å²) in [5.41, 5.74) is 0.944. The van der Waals surface area contributed by atoms with Gasteiger partial charge in [-0.05, 0) is 31.0 Å². The van der Waals surface area contributed by atoms with E-state index in [2.05, 4.69) is 5.32 Å². The van der Waals surface area contributed by atoms with E-state index in [-0.39, 0.29) is 11.8 Å². The van der Waals surface area contributed by atoms with Crippen LogP contribution in [-0.2, 0) is 16.1 Å². The quantitative estimate of drug-likeness (QED) is 0.877. The minimum atomic E-state index is -0.491. The van der Waals surface area contributed by atoms with Crippen LogP contribution in [0.5, 0.6) is 0 Å². The maximum Gasteiger partial charge on any atom is 0.242 e. The lowest BCUT2D eigenvalue weighted by molar-refractivity contribution is -0.138. The second kappa shape index (κ2) is 7.90. The molecule has 2 amide bonds. The first-order valence-electron chi connectivity index (χ1n) is 6.75. The van der Waals surface area contributed by atoms with Gasteiger partial charge in [0.15, 0.2) is 0 Å². The summed E-state index contributed by atoms with van der Waals surface area (Å²) >= 11 is 5.84. The Balaban J connectivity index is 2.75. The molecule has 4 nitrogen and oxygen atoms in total. The number of amides is 2. The van der Waals surface area contributed by atoms with Gasteiger partial charge in [-0.25, -0.2) is 0 Å². The van der Waals surface area contributed by atoms with Crippen LogP contribution in [0.25, 0.3) is 0 Å². The number of hydrogen-bond acceptors (Lipinski definition) is 2. The van der Waals surface area contributed by atoms with E-state index in [1.807, 2.05) is 19.1 Å². The van der Waals surface area contributed by atoms with Crippen molar-refractivity contribution in [3.05, 3.63) is 34.9 Å². The highest BCUT2D eigenvalue weighted by Gasteiger charge is 2.23. The summed E-state index contributed by atoms with van der Waals surface area (Å²) in [5.74, 6) is -0.255. The predicted molar refractivity (Wildman–Crippen MR) is 80.4 cm³/mol. The molecule has 5 heteroatoms. The molecule has 0 aliphatic heterocycles. The third kappa shape index (κ3) is 4.85. The molecule has 0 aliphatic carbocycles. The number of benzene rings is 1. The van der Waals surface area contributed by atoms with E-state index in [1.54, 1.807) is 24.0 Å². The average molecular weight is 297 g/mol. The minimum Gasteiger partial charge on any atom is -0.354 e. The van der Waals surface area contributed by atoms with Gasteiger partial charge in [0.1, 0.15) is 6.04 Å². The Morgan fingerprint density at radius 1 is 1.30 bits per heavy atom. The summed E-state index contributed by atoms with van der Waals surface area (Å²) < 4.78 is 0. The van der Waals surface area contributed by atoms with E-state index in [4.69, 9.17) is 11.6 Å². The summed E-state index contributed by atoms with van der Waals surface area (Å²) in [4.78, 5) is 25.3. The van der Waals surface area contributed by atoms with Gasteiger partial charge < -0.3 is 10.2 Å². The third-order valence-corrected chi connectivity index (χ3v) is 3.32. The number of nitrogens with one attached hydrogen (secondary N) is 1. The fourth-order valence-electron chi connectivity index (χ4n) is 1.84. The highest BCUT2D eigenvalue weighted by molar-refractivity contribution is 6.30. The number of hydrogen-bond donors (Lipinski definition) is 1. The Hall–Kier alpha value is -1.55. The van der Waals surface area contributed by atoms with Crippen molar-refractivity contribution in [2.24, 2.45) is 0 Å². The summed E-state index contributed by atoms with van der Waals surface area (Å²) in [6, 6.07) is 6.77. The summed E-state index contributed by atoms with van der Waals surface area (Å²) in [5, 5.41) is 3.46. The van der Waals surface area contributed by atoms with E-state index < -0.39 is 6.04 Å². The van der Waals surface area contributed by atoms with Crippen LogP contribution in [0, 0.1) is 0 Å². The van der Waals surface area contributed by atoms with Gasteiger partial charge in [-0.1, -0.05) is 30.7 Å². The normalized spacial score (nSPS) is 11.8. The van der Waals surface area contributed by atoms with Crippen molar-refractivity contribution in [3.8, 4) is 0 Å². The number of rotatable bonds is 6. The van der Waals surface area contributed by atoms with Crippen LogP contribution in [-0.4, -0.2) is 29.3 Å². The van der Waals surface area contributed by atoms with Gasteiger partial charge >= 0.3 is 0 Å². The fourth-order valence-corrected chi connectivity index (χ4v) is 1.97. The number of nitrogens with zero attached hydrogens (tertiary/aromatic N) is 1. The van der Waals surface area contributed by atoms with Crippen LogP contribution in [0.1, 0.15) is 32.8 Å². The van der Waals surface area contributed by atoms with Gasteiger partial charge in [0.05, 0.1) is 0 Å². The zero-order valence-corrected chi connectivity index (χ0v) is 12.9. The molecule has 0 spiro atoms. The van der Waals surface area contributed by atoms with Crippen molar-refractivity contribution < 1.29 is 9.59 Å². The van der Waals surface area contributed by atoms with Gasteiger partial charge in [0, 0.05) is 25.0 Å². The Bertz CT molecular complexity index is 459. The van der Waals surface area contributed by atoms with E-state index >= 15 is 0 Å². The minimum absolute atomic E-state index is 0.126. The molecule has 1 atom stereocenters. The van der Waals surface area contributed by atoms with Gasteiger partial charge in [0.25, 0.3) is 0 Å². The molecule has 0 aromatic heterocycles. The van der Waals surface area contributed by atoms with Crippen LogP contribution in [0.4, 0.5) is 0 Å². The molecule has 1 aromatic carbocycles. The highest BCUT2D eigenvalue weighted by Crippen LogP contribution is 2.13. The van der Waals surface area contributed by atoms with Crippen molar-refractivity contribution in [3.63, 3.8) is 0 Å². The van der Waals surface area contributed by atoms with E-state index in [0.717, 1.165) is 12.0 Å². The Morgan fingerprint density at radius 2 is 1.90 bits per heavy atom. The first-order chi connectivity index (χ1) is 9.45. The average Bonchev–Trinajstić information content (AvgIpc) is 2.43. The number of carbonyl (C=O) groups excluding carboxylic acids is 2. The molecule has 1 rings (SSSR count). The van der Waals surface area contributed by atoms with Crippen LogP contribution in [0.2, 0.25) is 5.02 Å². The monoisotopic (exact) mass is 296 g/mol. The Labute approximate surface area is 125 Å². The molecule has 20 heavy (non-hydrogen) atoms. The van der Waals surface area contributed by atoms with Gasteiger partial charge in [-0.15, -0.1) is 0 Å². The largest absolute Gasteiger partial charge is 0.354 e. The second-order valence-electron chi connectivity index (χ2n) is 4.74. The first-order valence-corrected chi connectivity index (χ1v) is 7.12. The molecule has 0 aliphatic rings.